The molecule has 1 saturated heterocycles. The third-order valence-electron chi connectivity index (χ3n) is 3.43. The first-order chi connectivity index (χ1) is 9.59. The van der Waals surface area contributed by atoms with Crippen LogP contribution in [0.4, 0.5) is 5.69 Å². The van der Waals surface area contributed by atoms with Crippen LogP contribution in [0.2, 0.25) is 0 Å². The summed E-state index contributed by atoms with van der Waals surface area (Å²) in [6.45, 7) is 2.29. The first kappa shape index (κ1) is 15.3. The van der Waals surface area contributed by atoms with Gasteiger partial charge in [-0.3, -0.25) is 4.72 Å². The monoisotopic (exact) mass is 298 g/mol. The van der Waals surface area contributed by atoms with Crippen molar-refractivity contribution in [3.63, 3.8) is 0 Å². The fourth-order valence-electron chi connectivity index (χ4n) is 2.47. The first-order valence-electron chi connectivity index (χ1n) is 6.88. The van der Waals surface area contributed by atoms with Gasteiger partial charge in [0.05, 0.1) is 12.4 Å². The molecule has 1 aromatic carbocycles. The highest BCUT2D eigenvalue weighted by atomic mass is 32.2. The smallest absolute Gasteiger partial charge is 0.232 e. The van der Waals surface area contributed by atoms with Crippen molar-refractivity contribution < 1.29 is 13.2 Å². The Balaban J connectivity index is 1.98. The van der Waals surface area contributed by atoms with Gasteiger partial charge in [0.15, 0.2) is 0 Å². The SMILES string of the molecule is COCc1cccc(NS(=O)(=O)CC2CCNCC2)c1. The van der Waals surface area contributed by atoms with E-state index in [0.717, 1.165) is 31.5 Å². The van der Waals surface area contributed by atoms with Gasteiger partial charge < -0.3 is 10.1 Å². The maximum absolute atomic E-state index is 12.2. The normalized spacial score (nSPS) is 17.1. The topological polar surface area (TPSA) is 67.4 Å². The van der Waals surface area contributed by atoms with E-state index >= 15 is 0 Å². The van der Waals surface area contributed by atoms with Crippen LogP contribution in [0.25, 0.3) is 0 Å². The van der Waals surface area contributed by atoms with Crippen molar-refractivity contribution in [3.8, 4) is 0 Å². The van der Waals surface area contributed by atoms with E-state index in [2.05, 4.69) is 10.0 Å². The van der Waals surface area contributed by atoms with Gasteiger partial charge in [0.1, 0.15) is 0 Å². The van der Waals surface area contributed by atoms with Crippen LogP contribution in [0, 0.1) is 5.92 Å². The molecule has 112 valence electrons. The van der Waals surface area contributed by atoms with Gasteiger partial charge in [-0.25, -0.2) is 8.42 Å². The second-order valence-corrected chi connectivity index (χ2v) is 6.98. The third-order valence-corrected chi connectivity index (χ3v) is 4.88. The average Bonchev–Trinajstić information content (AvgIpc) is 2.39. The summed E-state index contributed by atoms with van der Waals surface area (Å²) in [6.07, 6.45) is 1.84. The van der Waals surface area contributed by atoms with Crippen LogP contribution in [0.5, 0.6) is 0 Å². The molecule has 5 nitrogen and oxygen atoms in total. The molecule has 0 unspecified atom stereocenters. The number of nitrogens with one attached hydrogen (secondary N) is 2. The molecule has 20 heavy (non-hydrogen) atoms. The molecule has 1 heterocycles. The number of sulfonamides is 1. The summed E-state index contributed by atoms with van der Waals surface area (Å²) in [5.41, 5.74) is 1.56. The van der Waals surface area contributed by atoms with Gasteiger partial charge in [-0.05, 0) is 49.5 Å². The van der Waals surface area contributed by atoms with Crippen molar-refractivity contribution in [1.29, 1.82) is 0 Å². The lowest BCUT2D eigenvalue weighted by Crippen LogP contribution is -2.33. The Morgan fingerprint density at radius 1 is 1.35 bits per heavy atom. The van der Waals surface area contributed by atoms with E-state index in [0.29, 0.717) is 12.3 Å². The van der Waals surface area contributed by atoms with E-state index in [4.69, 9.17) is 4.74 Å². The van der Waals surface area contributed by atoms with Crippen LogP contribution in [-0.4, -0.2) is 34.4 Å². The van der Waals surface area contributed by atoms with Gasteiger partial charge in [-0.15, -0.1) is 0 Å². The fraction of sp³-hybridized carbons (Fsp3) is 0.571. The van der Waals surface area contributed by atoms with Crippen LogP contribution >= 0.6 is 0 Å². The fourth-order valence-corrected chi connectivity index (χ4v) is 3.99. The molecule has 0 radical (unpaired) electrons. The average molecular weight is 298 g/mol. The van der Waals surface area contributed by atoms with Crippen LogP contribution in [0.3, 0.4) is 0 Å². The highest BCUT2D eigenvalue weighted by Gasteiger charge is 2.21. The van der Waals surface area contributed by atoms with E-state index < -0.39 is 10.0 Å². The molecule has 2 N–H and O–H groups in total. The minimum absolute atomic E-state index is 0.198. The zero-order valence-corrected chi connectivity index (χ0v) is 12.6. The second-order valence-electron chi connectivity index (χ2n) is 5.21. The number of methoxy groups -OCH3 is 1. The van der Waals surface area contributed by atoms with E-state index in [1.807, 2.05) is 18.2 Å². The number of piperidine rings is 1. The van der Waals surface area contributed by atoms with Gasteiger partial charge in [-0.1, -0.05) is 12.1 Å². The number of ether oxygens (including phenoxy) is 1. The summed E-state index contributed by atoms with van der Waals surface area (Å²) in [6, 6.07) is 7.31. The predicted molar refractivity (Wildman–Crippen MR) is 80.2 cm³/mol. The van der Waals surface area contributed by atoms with E-state index in [-0.39, 0.29) is 11.7 Å². The van der Waals surface area contributed by atoms with Crippen molar-refractivity contribution in [1.82, 2.24) is 5.32 Å². The number of rotatable bonds is 6. The van der Waals surface area contributed by atoms with Crippen molar-refractivity contribution in [2.24, 2.45) is 5.92 Å². The Kier molecular flexibility index (Phi) is 5.39. The van der Waals surface area contributed by atoms with Gasteiger partial charge >= 0.3 is 0 Å². The summed E-state index contributed by atoms with van der Waals surface area (Å²) in [5.74, 6) is 0.444. The van der Waals surface area contributed by atoms with E-state index in [1.54, 1.807) is 13.2 Å². The molecule has 0 amide bonds. The molecule has 1 aliphatic heterocycles. The molecule has 1 aromatic rings. The van der Waals surface area contributed by atoms with Crippen LogP contribution in [-0.2, 0) is 21.4 Å². The molecular formula is C14H22N2O3S. The molecular weight excluding hydrogens is 276 g/mol. The van der Waals surface area contributed by atoms with Crippen molar-refractivity contribution in [3.05, 3.63) is 29.8 Å². The molecule has 0 aliphatic carbocycles. The summed E-state index contributed by atoms with van der Waals surface area (Å²) >= 11 is 0. The van der Waals surface area contributed by atoms with Crippen LogP contribution < -0.4 is 10.0 Å². The summed E-state index contributed by atoms with van der Waals surface area (Å²) in [5, 5.41) is 3.24. The molecule has 0 saturated carbocycles. The first-order valence-corrected chi connectivity index (χ1v) is 8.53. The largest absolute Gasteiger partial charge is 0.380 e. The summed E-state index contributed by atoms with van der Waals surface area (Å²) in [4.78, 5) is 0. The molecule has 0 bridgehead atoms. The molecule has 0 aromatic heterocycles. The Bertz CT molecular complexity index is 525. The summed E-state index contributed by atoms with van der Waals surface area (Å²) < 4.78 is 32.1. The summed E-state index contributed by atoms with van der Waals surface area (Å²) in [7, 11) is -1.67. The quantitative estimate of drug-likeness (QED) is 0.836. The molecule has 1 aliphatic rings. The minimum atomic E-state index is -3.28. The molecule has 6 heteroatoms. The van der Waals surface area contributed by atoms with E-state index in [1.165, 1.54) is 0 Å². The number of benzene rings is 1. The molecule has 2 rings (SSSR count). The third kappa shape index (κ3) is 4.77. The van der Waals surface area contributed by atoms with Gasteiger partial charge in [0.25, 0.3) is 0 Å². The Morgan fingerprint density at radius 2 is 2.10 bits per heavy atom. The van der Waals surface area contributed by atoms with Crippen LogP contribution in [0.15, 0.2) is 24.3 Å². The highest BCUT2D eigenvalue weighted by molar-refractivity contribution is 7.92. The van der Waals surface area contributed by atoms with Crippen molar-refractivity contribution >= 4 is 15.7 Å². The Hall–Kier alpha value is -1.11. The predicted octanol–water partition coefficient (Wildman–Crippen LogP) is 1.57. The maximum Gasteiger partial charge on any atom is 0.232 e. The zero-order valence-electron chi connectivity index (χ0n) is 11.8. The van der Waals surface area contributed by atoms with Crippen molar-refractivity contribution in [2.75, 3.05) is 30.7 Å². The number of hydrogen-bond acceptors (Lipinski definition) is 4. The minimum Gasteiger partial charge on any atom is -0.380 e. The highest BCUT2D eigenvalue weighted by Crippen LogP contribution is 2.18. The molecule has 0 spiro atoms. The van der Waals surface area contributed by atoms with Gasteiger partial charge in [0, 0.05) is 12.8 Å². The zero-order chi connectivity index (χ0) is 14.4. The number of anilines is 1. The lowest BCUT2D eigenvalue weighted by Gasteiger charge is -2.22. The van der Waals surface area contributed by atoms with Gasteiger partial charge in [0.2, 0.25) is 10.0 Å². The number of hydrogen-bond donors (Lipinski definition) is 2. The maximum atomic E-state index is 12.2. The lowest BCUT2D eigenvalue weighted by molar-refractivity contribution is 0.185. The van der Waals surface area contributed by atoms with Crippen LogP contribution in [0.1, 0.15) is 18.4 Å². The second kappa shape index (κ2) is 7.06. The van der Waals surface area contributed by atoms with Crippen molar-refractivity contribution in [2.45, 2.75) is 19.4 Å². The molecule has 0 atom stereocenters. The standard InChI is InChI=1S/C14H22N2O3S/c1-19-10-13-3-2-4-14(9-13)16-20(17,18)11-12-5-7-15-8-6-12/h2-4,9,12,15-16H,5-8,10-11H2,1H3. The molecule has 1 fully saturated rings. The van der Waals surface area contributed by atoms with E-state index in [9.17, 15) is 8.42 Å². The van der Waals surface area contributed by atoms with Gasteiger partial charge in [-0.2, -0.15) is 0 Å². The lowest BCUT2D eigenvalue weighted by atomic mass is 10.0. The Labute approximate surface area is 120 Å². The Morgan fingerprint density at radius 3 is 2.80 bits per heavy atom.